The first-order valence-electron chi connectivity index (χ1n) is 14.0. The van der Waals surface area contributed by atoms with E-state index in [0.717, 1.165) is 61.3 Å². The average Bonchev–Trinajstić information content (AvgIpc) is 3.04. The van der Waals surface area contributed by atoms with Gasteiger partial charge in [-0.05, 0) is 75.2 Å². The third-order valence-corrected chi connectivity index (χ3v) is 7.28. The van der Waals surface area contributed by atoms with Crippen LogP contribution in [0.15, 0.2) is 158 Å². The standard InChI is InChI=1S/C40H31N/c1-30-16-15-27-41-40(30)39-35(37(33-21-10-4-11-22-33)28-31-17-6-2-7-18-31)25-14-26-36(39)38(34-23-12-5-13-24-34)29-32-19-8-3-9-20-32/h2-29H,1H3/b37-28+,38-29+. The van der Waals surface area contributed by atoms with Crippen molar-refractivity contribution in [1.29, 1.82) is 0 Å². The molecule has 0 saturated heterocycles. The van der Waals surface area contributed by atoms with Gasteiger partial charge < -0.3 is 0 Å². The molecule has 1 heteroatoms. The second-order valence-electron chi connectivity index (χ2n) is 10.1. The molecule has 0 saturated carbocycles. The van der Waals surface area contributed by atoms with Gasteiger partial charge in [-0.25, -0.2) is 0 Å². The van der Waals surface area contributed by atoms with Crippen molar-refractivity contribution in [3.05, 3.63) is 197 Å². The van der Waals surface area contributed by atoms with E-state index in [1.54, 1.807) is 0 Å². The highest BCUT2D eigenvalue weighted by atomic mass is 14.7. The quantitative estimate of drug-likeness (QED) is 0.189. The van der Waals surface area contributed by atoms with Gasteiger partial charge in [0.15, 0.2) is 0 Å². The Bertz CT molecular complexity index is 1690. The maximum atomic E-state index is 4.98. The Hall–Kier alpha value is -5.27. The number of rotatable bonds is 7. The molecule has 0 unspecified atom stereocenters. The molecule has 0 amide bonds. The van der Waals surface area contributed by atoms with E-state index in [0.29, 0.717) is 0 Å². The molecule has 0 radical (unpaired) electrons. The lowest BCUT2D eigenvalue weighted by atomic mass is 9.83. The molecule has 0 fully saturated rings. The summed E-state index contributed by atoms with van der Waals surface area (Å²) in [4.78, 5) is 4.98. The van der Waals surface area contributed by atoms with Crippen molar-refractivity contribution < 1.29 is 0 Å². The van der Waals surface area contributed by atoms with Crippen LogP contribution in [-0.4, -0.2) is 4.98 Å². The third kappa shape index (κ3) is 5.85. The number of nitrogens with zero attached hydrogens (tertiary/aromatic N) is 1. The summed E-state index contributed by atoms with van der Waals surface area (Å²) in [7, 11) is 0. The Morgan fingerprint density at radius 3 is 1.34 bits per heavy atom. The average molecular weight is 526 g/mol. The Morgan fingerprint density at radius 1 is 0.463 bits per heavy atom. The molecule has 0 aliphatic rings. The van der Waals surface area contributed by atoms with Crippen LogP contribution >= 0.6 is 0 Å². The van der Waals surface area contributed by atoms with Gasteiger partial charge in [0.1, 0.15) is 0 Å². The Kier molecular flexibility index (Phi) is 7.78. The first kappa shape index (κ1) is 26.0. The monoisotopic (exact) mass is 525 g/mol. The summed E-state index contributed by atoms with van der Waals surface area (Å²) in [6.45, 7) is 2.15. The molecule has 6 rings (SSSR count). The predicted molar refractivity (Wildman–Crippen MR) is 174 cm³/mol. The van der Waals surface area contributed by atoms with Gasteiger partial charge in [-0.3, -0.25) is 4.98 Å². The summed E-state index contributed by atoms with van der Waals surface area (Å²) < 4.78 is 0. The largest absolute Gasteiger partial charge is 0.256 e. The molecule has 0 spiro atoms. The van der Waals surface area contributed by atoms with Crippen molar-refractivity contribution in [2.75, 3.05) is 0 Å². The van der Waals surface area contributed by atoms with Crippen LogP contribution in [0.2, 0.25) is 0 Å². The Morgan fingerprint density at radius 2 is 0.902 bits per heavy atom. The number of aromatic nitrogens is 1. The molecule has 0 aliphatic carbocycles. The van der Waals surface area contributed by atoms with Crippen molar-refractivity contribution in [3.8, 4) is 11.3 Å². The maximum Gasteiger partial charge on any atom is 0.0743 e. The fraction of sp³-hybridized carbons (Fsp3) is 0.0250. The van der Waals surface area contributed by atoms with Gasteiger partial charge in [0.05, 0.1) is 5.69 Å². The van der Waals surface area contributed by atoms with Gasteiger partial charge in [-0.1, -0.05) is 146 Å². The number of benzene rings is 5. The molecular formula is C40H31N. The molecule has 196 valence electrons. The van der Waals surface area contributed by atoms with Crippen LogP contribution in [0, 0.1) is 6.92 Å². The van der Waals surface area contributed by atoms with Crippen molar-refractivity contribution in [3.63, 3.8) is 0 Å². The van der Waals surface area contributed by atoms with Gasteiger partial charge >= 0.3 is 0 Å². The van der Waals surface area contributed by atoms with Crippen molar-refractivity contribution in [2.24, 2.45) is 0 Å². The molecule has 5 aromatic carbocycles. The number of hydrogen-bond acceptors (Lipinski definition) is 1. The van der Waals surface area contributed by atoms with Crippen LogP contribution in [0.1, 0.15) is 38.9 Å². The van der Waals surface area contributed by atoms with Crippen LogP contribution < -0.4 is 0 Å². The SMILES string of the molecule is Cc1cccnc1-c1c(/C(=C/c2ccccc2)c2ccccc2)cccc1/C(=C/c1ccccc1)c1ccccc1. The predicted octanol–water partition coefficient (Wildman–Crippen LogP) is 10.2. The summed E-state index contributed by atoms with van der Waals surface area (Å²) in [5.74, 6) is 0. The minimum Gasteiger partial charge on any atom is -0.256 e. The molecule has 6 aromatic rings. The van der Waals surface area contributed by atoms with E-state index < -0.39 is 0 Å². The van der Waals surface area contributed by atoms with E-state index >= 15 is 0 Å². The van der Waals surface area contributed by atoms with Gasteiger partial charge in [-0.15, -0.1) is 0 Å². The molecule has 0 aliphatic heterocycles. The molecule has 1 heterocycles. The first-order valence-corrected chi connectivity index (χ1v) is 14.0. The zero-order valence-electron chi connectivity index (χ0n) is 23.1. The van der Waals surface area contributed by atoms with Crippen molar-refractivity contribution in [1.82, 2.24) is 4.98 Å². The zero-order valence-corrected chi connectivity index (χ0v) is 23.1. The molecule has 0 N–H and O–H groups in total. The van der Waals surface area contributed by atoms with Crippen molar-refractivity contribution in [2.45, 2.75) is 6.92 Å². The van der Waals surface area contributed by atoms with Gasteiger partial charge in [0, 0.05) is 11.8 Å². The lowest BCUT2D eigenvalue weighted by molar-refractivity contribution is 1.26. The summed E-state index contributed by atoms with van der Waals surface area (Å²) in [6, 6.07) is 53.2. The van der Waals surface area contributed by atoms with Crippen LogP contribution in [-0.2, 0) is 0 Å². The first-order chi connectivity index (χ1) is 20.3. The van der Waals surface area contributed by atoms with Crippen LogP contribution in [0.25, 0.3) is 34.6 Å². The second-order valence-corrected chi connectivity index (χ2v) is 10.1. The van der Waals surface area contributed by atoms with Crippen LogP contribution in [0.5, 0.6) is 0 Å². The maximum absolute atomic E-state index is 4.98. The number of hydrogen-bond donors (Lipinski definition) is 0. The topological polar surface area (TPSA) is 12.9 Å². The summed E-state index contributed by atoms with van der Waals surface area (Å²) in [6.07, 6.45) is 6.48. The smallest absolute Gasteiger partial charge is 0.0743 e. The third-order valence-electron chi connectivity index (χ3n) is 7.28. The second kappa shape index (κ2) is 12.3. The molecule has 1 nitrogen and oxygen atoms in total. The fourth-order valence-corrected chi connectivity index (χ4v) is 5.30. The van der Waals surface area contributed by atoms with Gasteiger partial charge in [-0.2, -0.15) is 0 Å². The van der Waals surface area contributed by atoms with Gasteiger partial charge in [0.2, 0.25) is 0 Å². The van der Waals surface area contributed by atoms with E-state index in [1.165, 1.54) is 0 Å². The highest BCUT2D eigenvalue weighted by molar-refractivity contribution is 6.03. The van der Waals surface area contributed by atoms with E-state index in [2.05, 4.69) is 165 Å². The summed E-state index contributed by atoms with van der Waals surface area (Å²) in [5.41, 5.74) is 12.5. The minimum atomic E-state index is 0.989. The molecule has 0 atom stereocenters. The lowest BCUT2D eigenvalue weighted by Gasteiger charge is -2.21. The number of pyridine rings is 1. The Balaban J connectivity index is 1.70. The van der Waals surface area contributed by atoms with E-state index in [9.17, 15) is 0 Å². The van der Waals surface area contributed by atoms with Gasteiger partial charge in [0.25, 0.3) is 0 Å². The van der Waals surface area contributed by atoms with E-state index in [-0.39, 0.29) is 0 Å². The van der Waals surface area contributed by atoms with Crippen LogP contribution in [0.4, 0.5) is 0 Å². The number of aryl methyl sites for hydroxylation is 1. The highest BCUT2D eigenvalue weighted by Crippen LogP contribution is 2.41. The summed E-state index contributed by atoms with van der Waals surface area (Å²) in [5, 5.41) is 0. The summed E-state index contributed by atoms with van der Waals surface area (Å²) >= 11 is 0. The Labute approximate surface area is 242 Å². The lowest BCUT2D eigenvalue weighted by Crippen LogP contribution is -2.01. The molecule has 0 bridgehead atoms. The van der Waals surface area contributed by atoms with E-state index in [4.69, 9.17) is 4.98 Å². The molecular weight excluding hydrogens is 494 g/mol. The normalized spacial score (nSPS) is 11.8. The molecule has 41 heavy (non-hydrogen) atoms. The fourth-order valence-electron chi connectivity index (χ4n) is 5.30. The van der Waals surface area contributed by atoms with E-state index in [1.807, 2.05) is 12.3 Å². The minimum absolute atomic E-state index is 0.989. The van der Waals surface area contributed by atoms with Crippen molar-refractivity contribution >= 4 is 23.3 Å². The van der Waals surface area contributed by atoms with Crippen LogP contribution in [0.3, 0.4) is 0 Å². The zero-order chi connectivity index (χ0) is 27.9. The molecule has 1 aromatic heterocycles. The highest BCUT2D eigenvalue weighted by Gasteiger charge is 2.21.